The van der Waals surface area contributed by atoms with Crippen LogP contribution in [-0.4, -0.2) is 36.7 Å². The summed E-state index contributed by atoms with van der Waals surface area (Å²) in [6.45, 7) is 1.06. The molecule has 0 saturated carbocycles. The number of nitrogens with one attached hydrogen (secondary N) is 1. The SMILES string of the molecule is O=C(NCCc1ccccn1)[C@H]1CC(=O)N(c2ccc3c(c2)OCO3)C1. The molecule has 0 bridgehead atoms. The molecule has 7 heteroatoms. The average Bonchev–Trinajstić information content (AvgIpc) is 3.28. The molecule has 0 unspecified atom stereocenters. The van der Waals surface area contributed by atoms with Crippen molar-refractivity contribution in [2.75, 3.05) is 24.8 Å². The van der Waals surface area contributed by atoms with Crippen molar-refractivity contribution in [3.05, 3.63) is 48.3 Å². The maximum atomic E-state index is 12.4. The second kappa shape index (κ2) is 7.03. The van der Waals surface area contributed by atoms with Crippen molar-refractivity contribution < 1.29 is 19.1 Å². The first-order valence-electron chi connectivity index (χ1n) is 8.58. The van der Waals surface area contributed by atoms with Crippen molar-refractivity contribution >= 4 is 17.5 Å². The lowest BCUT2D eigenvalue weighted by atomic mass is 10.1. The molecule has 1 atom stereocenters. The molecule has 1 aromatic carbocycles. The fraction of sp³-hybridized carbons (Fsp3) is 0.316. The number of anilines is 1. The first-order valence-corrected chi connectivity index (χ1v) is 8.58. The zero-order chi connectivity index (χ0) is 17.9. The van der Waals surface area contributed by atoms with E-state index in [1.54, 1.807) is 23.2 Å². The highest BCUT2D eigenvalue weighted by molar-refractivity contribution is 6.00. The quantitative estimate of drug-likeness (QED) is 0.882. The van der Waals surface area contributed by atoms with Gasteiger partial charge in [-0.3, -0.25) is 14.6 Å². The average molecular weight is 353 g/mol. The van der Waals surface area contributed by atoms with Gasteiger partial charge in [-0.2, -0.15) is 0 Å². The van der Waals surface area contributed by atoms with Gasteiger partial charge < -0.3 is 19.7 Å². The van der Waals surface area contributed by atoms with Crippen LogP contribution in [0.2, 0.25) is 0 Å². The molecule has 1 saturated heterocycles. The number of carbonyl (C=O) groups excluding carboxylic acids is 2. The van der Waals surface area contributed by atoms with Gasteiger partial charge in [-0.1, -0.05) is 6.07 Å². The van der Waals surface area contributed by atoms with E-state index in [9.17, 15) is 9.59 Å². The summed E-state index contributed by atoms with van der Waals surface area (Å²) in [6, 6.07) is 11.1. The van der Waals surface area contributed by atoms with Gasteiger partial charge in [0, 0.05) is 49.6 Å². The van der Waals surface area contributed by atoms with E-state index in [1.165, 1.54) is 0 Å². The molecule has 1 aromatic heterocycles. The van der Waals surface area contributed by atoms with Crippen LogP contribution in [0, 0.1) is 5.92 Å². The largest absolute Gasteiger partial charge is 0.454 e. The van der Waals surface area contributed by atoms with E-state index in [0.29, 0.717) is 31.0 Å². The number of benzene rings is 1. The topological polar surface area (TPSA) is 80.8 Å². The first-order chi connectivity index (χ1) is 12.7. The third-order valence-corrected chi connectivity index (χ3v) is 4.57. The molecular formula is C19H19N3O4. The lowest BCUT2D eigenvalue weighted by molar-refractivity contribution is -0.126. The van der Waals surface area contributed by atoms with Gasteiger partial charge in [-0.05, 0) is 24.3 Å². The lowest BCUT2D eigenvalue weighted by Crippen LogP contribution is -2.34. The third kappa shape index (κ3) is 3.33. The fourth-order valence-corrected chi connectivity index (χ4v) is 3.19. The Labute approximate surface area is 150 Å². The molecule has 2 aromatic rings. The molecule has 7 nitrogen and oxygen atoms in total. The number of carbonyl (C=O) groups is 2. The number of ether oxygens (including phenoxy) is 2. The Balaban J connectivity index is 1.34. The predicted octanol–water partition coefficient (Wildman–Crippen LogP) is 1.52. The molecule has 2 aliphatic heterocycles. The molecule has 0 spiro atoms. The molecule has 134 valence electrons. The minimum absolute atomic E-state index is 0.0614. The number of nitrogens with zero attached hydrogens (tertiary/aromatic N) is 2. The van der Waals surface area contributed by atoms with Crippen LogP contribution in [0.25, 0.3) is 0 Å². The van der Waals surface area contributed by atoms with Crippen LogP contribution in [0.15, 0.2) is 42.6 Å². The van der Waals surface area contributed by atoms with Crippen molar-refractivity contribution in [3.63, 3.8) is 0 Å². The summed E-state index contributed by atoms with van der Waals surface area (Å²) in [5.74, 6) is 0.783. The Morgan fingerprint density at radius 1 is 1.23 bits per heavy atom. The molecule has 0 aliphatic carbocycles. The van der Waals surface area contributed by atoms with E-state index >= 15 is 0 Å². The van der Waals surface area contributed by atoms with E-state index in [4.69, 9.17) is 9.47 Å². The zero-order valence-corrected chi connectivity index (χ0v) is 14.2. The molecule has 2 aliphatic rings. The number of amides is 2. The summed E-state index contributed by atoms with van der Waals surface area (Å²) < 4.78 is 10.6. The van der Waals surface area contributed by atoms with Crippen LogP contribution in [-0.2, 0) is 16.0 Å². The summed E-state index contributed by atoms with van der Waals surface area (Å²) in [5, 5.41) is 2.90. The van der Waals surface area contributed by atoms with Crippen LogP contribution in [0.1, 0.15) is 12.1 Å². The number of aromatic nitrogens is 1. The minimum Gasteiger partial charge on any atom is -0.454 e. The van der Waals surface area contributed by atoms with Crippen molar-refractivity contribution in [3.8, 4) is 11.5 Å². The third-order valence-electron chi connectivity index (χ3n) is 4.57. The smallest absolute Gasteiger partial charge is 0.231 e. The molecule has 4 rings (SSSR count). The van der Waals surface area contributed by atoms with Gasteiger partial charge in [0.15, 0.2) is 11.5 Å². The molecule has 2 amide bonds. The van der Waals surface area contributed by atoms with Crippen LogP contribution >= 0.6 is 0 Å². The second-order valence-corrected chi connectivity index (χ2v) is 6.31. The number of fused-ring (bicyclic) bond motifs is 1. The van der Waals surface area contributed by atoms with Crippen molar-refractivity contribution in [2.45, 2.75) is 12.8 Å². The van der Waals surface area contributed by atoms with Crippen LogP contribution < -0.4 is 19.7 Å². The molecular weight excluding hydrogens is 334 g/mol. The maximum Gasteiger partial charge on any atom is 0.231 e. The Kier molecular flexibility index (Phi) is 4.43. The van der Waals surface area contributed by atoms with Gasteiger partial charge >= 0.3 is 0 Å². The maximum absolute atomic E-state index is 12.4. The zero-order valence-electron chi connectivity index (χ0n) is 14.2. The minimum atomic E-state index is -0.350. The first kappa shape index (κ1) is 16.4. The lowest BCUT2D eigenvalue weighted by Gasteiger charge is -2.17. The molecule has 1 fully saturated rings. The summed E-state index contributed by atoms with van der Waals surface area (Å²) >= 11 is 0. The van der Waals surface area contributed by atoms with Crippen molar-refractivity contribution in [1.29, 1.82) is 0 Å². The van der Waals surface area contributed by atoms with Crippen LogP contribution in [0.3, 0.4) is 0 Å². The van der Waals surface area contributed by atoms with Gasteiger partial charge in [-0.15, -0.1) is 0 Å². The number of rotatable bonds is 5. The van der Waals surface area contributed by atoms with Gasteiger partial charge in [0.2, 0.25) is 18.6 Å². The van der Waals surface area contributed by atoms with Gasteiger partial charge in [-0.25, -0.2) is 0 Å². The summed E-state index contributed by atoms with van der Waals surface area (Å²) in [5.41, 5.74) is 1.65. The fourth-order valence-electron chi connectivity index (χ4n) is 3.19. The van der Waals surface area contributed by atoms with E-state index in [-0.39, 0.29) is 30.9 Å². The number of hydrogen-bond donors (Lipinski definition) is 1. The molecule has 3 heterocycles. The molecule has 26 heavy (non-hydrogen) atoms. The number of pyridine rings is 1. The van der Waals surface area contributed by atoms with E-state index in [2.05, 4.69) is 10.3 Å². The highest BCUT2D eigenvalue weighted by Gasteiger charge is 2.35. The Hall–Kier alpha value is -3.09. The van der Waals surface area contributed by atoms with Gasteiger partial charge in [0.05, 0.1) is 5.92 Å². The van der Waals surface area contributed by atoms with Gasteiger partial charge in [0.25, 0.3) is 0 Å². The molecule has 1 N–H and O–H groups in total. The van der Waals surface area contributed by atoms with Crippen molar-refractivity contribution in [1.82, 2.24) is 10.3 Å². The van der Waals surface area contributed by atoms with E-state index in [0.717, 1.165) is 11.4 Å². The Morgan fingerprint density at radius 2 is 2.12 bits per heavy atom. The van der Waals surface area contributed by atoms with E-state index in [1.807, 2.05) is 24.3 Å². The van der Waals surface area contributed by atoms with Gasteiger partial charge in [0.1, 0.15) is 0 Å². The highest BCUT2D eigenvalue weighted by atomic mass is 16.7. The Morgan fingerprint density at radius 3 is 2.96 bits per heavy atom. The standard InChI is InChI=1S/C19H19N3O4/c23-18-9-13(19(24)21-8-6-14-3-1-2-7-20-14)11-22(18)15-4-5-16-17(10-15)26-12-25-16/h1-5,7,10,13H,6,8-9,11-12H2,(H,21,24)/t13-/m0/s1. The van der Waals surface area contributed by atoms with Crippen LogP contribution in [0.5, 0.6) is 11.5 Å². The Bertz CT molecular complexity index is 825. The second-order valence-electron chi connectivity index (χ2n) is 6.31. The summed E-state index contributed by atoms with van der Waals surface area (Å²) in [6.07, 6.45) is 2.61. The number of hydrogen-bond acceptors (Lipinski definition) is 5. The predicted molar refractivity (Wildman–Crippen MR) is 94.0 cm³/mol. The normalized spacial score (nSPS) is 18.2. The monoisotopic (exact) mass is 353 g/mol. The van der Waals surface area contributed by atoms with Crippen molar-refractivity contribution in [2.24, 2.45) is 5.92 Å². The van der Waals surface area contributed by atoms with E-state index < -0.39 is 0 Å². The highest BCUT2D eigenvalue weighted by Crippen LogP contribution is 2.37. The summed E-state index contributed by atoms with van der Waals surface area (Å²) in [7, 11) is 0. The molecule has 0 radical (unpaired) electrons. The van der Waals surface area contributed by atoms with Crippen LogP contribution in [0.4, 0.5) is 5.69 Å². The summed E-state index contributed by atoms with van der Waals surface area (Å²) in [4.78, 5) is 30.6.